The summed E-state index contributed by atoms with van der Waals surface area (Å²) in [5.74, 6) is 0.532. The molecule has 0 saturated carbocycles. The van der Waals surface area contributed by atoms with E-state index in [2.05, 4.69) is 20.3 Å². The molecule has 32 heavy (non-hydrogen) atoms. The van der Waals surface area contributed by atoms with Crippen LogP contribution in [0.15, 0.2) is 60.9 Å². The number of carbonyl (C=O) groups is 1. The van der Waals surface area contributed by atoms with Crippen molar-refractivity contribution in [3.63, 3.8) is 0 Å². The summed E-state index contributed by atoms with van der Waals surface area (Å²) in [5.41, 5.74) is -0.225. The van der Waals surface area contributed by atoms with E-state index in [0.29, 0.717) is 18.0 Å². The molecule has 1 amide bonds. The number of rotatable bonds is 6. The molecule has 7 nitrogen and oxygen atoms in total. The molecule has 166 valence electrons. The van der Waals surface area contributed by atoms with Gasteiger partial charge in [0.2, 0.25) is 5.95 Å². The van der Waals surface area contributed by atoms with E-state index in [9.17, 15) is 18.0 Å². The fraction of sp³-hybridized carbons (Fsp3) is 0.273. The maximum Gasteiger partial charge on any atom is 0.416 e. The normalized spacial score (nSPS) is 16.1. The Bertz CT molecular complexity index is 1080. The van der Waals surface area contributed by atoms with Crippen molar-refractivity contribution >= 4 is 17.7 Å². The number of alkyl halides is 3. The molecule has 1 fully saturated rings. The van der Waals surface area contributed by atoms with Crippen LogP contribution in [-0.2, 0) is 11.0 Å². The van der Waals surface area contributed by atoms with E-state index in [1.807, 2.05) is 18.2 Å². The number of likely N-dealkylation sites (tertiary alicyclic amines) is 1. The zero-order valence-electron chi connectivity index (χ0n) is 16.9. The van der Waals surface area contributed by atoms with Crippen LogP contribution in [0.25, 0.3) is 0 Å². The van der Waals surface area contributed by atoms with Gasteiger partial charge in [-0.25, -0.2) is 15.0 Å². The molecule has 0 radical (unpaired) electrons. The summed E-state index contributed by atoms with van der Waals surface area (Å²) in [6.07, 6.45) is -0.382. The van der Waals surface area contributed by atoms with Gasteiger partial charge in [0, 0.05) is 18.9 Å². The third kappa shape index (κ3) is 5.13. The molecule has 0 bridgehead atoms. The lowest BCUT2D eigenvalue weighted by Gasteiger charge is -2.24. The Morgan fingerprint density at radius 2 is 1.91 bits per heavy atom. The number of ether oxygens (including phenoxy) is 1. The molecule has 4 rings (SSSR count). The Labute approximate surface area is 182 Å². The minimum atomic E-state index is -4.48. The number of para-hydroxylation sites is 1. The Hall–Kier alpha value is -3.69. The topological polar surface area (TPSA) is 80.2 Å². The molecule has 1 aromatic carbocycles. The van der Waals surface area contributed by atoms with Crippen LogP contribution >= 0.6 is 0 Å². The van der Waals surface area contributed by atoms with Crippen LogP contribution in [0.5, 0.6) is 5.75 Å². The van der Waals surface area contributed by atoms with E-state index in [1.54, 1.807) is 23.1 Å². The predicted molar refractivity (Wildman–Crippen MR) is 110 cm³/mol. The van der Waals surface area contributed by atoms with E-state index in [0.717, 1.165) is 31.2 Å². The number of amides is 1. The average molecular weight is 443 g/mol. The van der Waals surface area contributed by atoms with Crippen LogP contribution in [0.3, 0.4) is 0 Å². The molecule has 10 heteroatoms. The van der Waals surface area contributed by atoms with Gasteiger partial charge in [-0.2, -0.15) is 13.2 Å². The summed E-state index contributed by atoms with van der Waals surface area (Å²) in [6.45, 7) is 0.481. The standard InChI is InChI=1S/C22H20F3N5O2/c23-22(24,25)15-8-10-26-19(13-15)29-21-27-11-9-17(28-21)18-7-4-12-30(18)20(31)14-32-16-5-2-1-3-6-16/h1-3,5-6,8-11,13,18H,4,7,12,14H2,(H,26,27,28,29)/t18-/m0/s1. The summed E-state index contributed by atoms with van der Waals surface area (Å²) in [4.78, 5) is 26.8. The molecular weight excluding hydrogens is 423 g/mol. The number of anilines is 2. The van der Waals surface area contributed by atoms with Crippen molar-refractivity contribution in [1.29, 1.82) is 0 Å². The molecule has 1 aliphatic heterocycles. The first-order valence-electron chi connectivity index (χ1n) is 10.0. The lowest BCUT2D eigenvalue weighted by molar-refractivity contribution is -0.137. The summed E-state index contributed by atoms with van der Waals surface area (Å²) in [7, 11) is 0. The first kappa shape index (κ1) is 21.5. The predicted octanol–water partition coefficient (Wildman–Crippen LogP) is 4.38. The van der Waals surface area contributed by atoms with Crippen molar-refractivity contribution in [3.05, 3.63) is 72.2 Å². The van der Waals surface area contributed by atoms with Crippen molar-refractivity contribution in [2.24, 2.45) is 0 Å². The van der Waals surface area contributed by atoms with Crippen molar-refractivity contribution in [2.75, 3.05) is 18.5 Å². The number of pyridine rings is 1. The highest BCUT2D eigenvalue weighted by atomic mass is 19.4. The molecule has 0 unspecified atom stereocenters. The van der Waals surface area contributed by atoms with Gasteiger partial charge in [0.15, 0.2) is 6.61 Å². The number of hydrogen-bond donors (Lipinski definition) is 1. The average Bonchev–Trinajstić information content (AvgIpc) is 3.28. The van der Waals surface area contributed by atoms with E-state index >= 15 is 0 Å². The number of halogens is 3. The molecule has 0 spiro atoms. The van der Waals surface area contributed by atoms with Gasteiger partial charge in [0.05, 0.1) is 17.3 Å². The number of nitrogens with zero attached hydrogens (tertiary/aromatic N) is 4. The summed E-state index contributed by atoms with van der Waals surface area (Å²) in [6, 6.07) is 12.3. The lowest BCUT2D eigenvalue weighted by Crippen LogP contribution is -2.34. The number of hydrogen-bond acceptors (Lipinski definition) is 6. The van der Waals surface area contributed by atoms with Crippen LogP contribution in [-0.4, -0.2) is 38.9 Å². The summed E-state index contributed by atoms with van der Waals surface area (Å²) >= 11 is 0. The highest BCUT2D eigenvalue weighted by Gasteiger charge is 2.32. The van der Waals surface area contributed by atoms with Crippen LogP contribution in [0.4, 0.5) is 24.9 Å². The van der Waals surface area contributed by atoms with Gasteiger partial charge in [-0.15, -0.1) is 0 Å². The Morgan fingerprint density at radius 1 is 1.12 bits per heavy atom. The van der Waals surface area contributed by atoms with E-state index < -0.39 is 11.7 Å². The van der Waals surface area contributed by atoms with Gasteiger partial charge in [-0.3, -0.25) is 4.79 Å². The molecule has 1 saturated heterocycles. The summed E-state index contributed by atoms with van der Waals surface area (Å²) < 4.78 is 44.4. The monoisotopic (exact) mass is 443 g/mol. The molecule has 2 aromatic heterocycles. The van der Waals surface area contributed by atoms with Gasteiger partial charge in [0.1, 0.15) is 11.6 Å². The molecule has 3 aromatic rings. The highest BCUT2D eigenvalue weighted by molar-refractivity contribution is 5.78. The maximum absolute atomic E-state index is 12.9. The quantitative estimate of drug-likeness (QED) is 0.609. The molecular formula is C22H20F3N5O2. The fourth-order valence-electron chi connectivity index (χ4n) is 3.53. The molecule has 0 aliphatic carbocycles. The molecule has 1 aliphatic rings. The van der Waals surface area contributed by atoms with E-state index in [4.69, 9.17) is 4.74 Å². The summed E-state index contributed by atoms with van der Waals surface area (Å²) in [5, 5.41) is 2.71. The molecule has 1 atom stereocenters. The van der Waals surface area contributed by atoms with E-state index in [1.165, 1.54) is 6.20 Å². The van der Waals surface area contributed by atoms with Gasteiger partial charge >= 0.3 is 6.18 Å². The largest absolute Gasteiger partial charge is 0.484 e. The first-order valence-corrected chi connectivity index (χ1v) is 10.0. The highest BCUT2D eigenvalue weighted by Crippen LogP contribution is 2.32. The third-order valence-corrected chi connectivity index (χ3v) is 5.02. The Morgan fingerprint density at radius 3 is 2.69 bits per heavy atom. The smallest absolute Gasteiger partial charge is 0.416 e. The van der Waals surface area contributed by atoms with Crippen LogP contribution in [0, 0.1) is 0 Å². The van der Waals surface area contributed by atoms with Crippen molar-refractivity contribution in [3.8, 4) is 5.75 Å². The SMILES string of the molecule is O=C(COc1ccccc1)N1CCC[C@H]1c1ccnc(Nc2cc(C(F)(F)F)ccn2)n1. The second kappa shape index (κ2) is 9.21. The second-order valence-electron chi connectivity index (χ2n) is 7.20. The zero-order chi connectivity index (χ0) is 22.6. The van der Waals surface area contributed by atoms with E-state index in [-0.39, 0.29) is 30.3 Å². The minimum absolute atomic E-state index is 0.0207. The van der Waals surface area contributed by atoms with Gasteiger partial charge in [-0.05, 0) is 43.2 Å². The first-order chi connectivity index (χ1) is 15.4. The number of carbonyl (C=O) groups excluding carboxylic acids is 1. The second-order valence-corrected chi connectivity index (χ2v) is 7.20. The molecule has 1 N–H and O–H groups in total. The Kier molecular flexibility index (Phi) is 6.20. The number of benzene rings is 1. The van der Waals surface area contributed by atoms with Gasteiger partial charge in [-0.1, -0.05) is 18.2 Å². The van der Waals surface area contributed by atoms with Crippen molar-refractivity contribution in [1.82, 2.24) is 19.9 Å². The lowest BCUT2D eigenvalue weighted by atomic mass is 10.1. The number of aromatic nitrogens is 3. The van der Waals surface area contributed by atoms with Crippen molar-refractivity contribution < 1.29 is 22.7 Å². The van der Waals surface area contributed by atoms with Crippen LogP contribution in [0.2, 0.25) is 0 Å². The molecule has 3 heterocycles. The van der Waals surface area contributed by atoms with Crippen LogP contribution < -0.4 is 10.1 Å². The zero-order valence-corrected chi connectivity index (χ0v) is 16.9. The van der Waals surface area contributed by atoms with Crippen LogP contribution in [0.1, 0.15) is 30.1 Å². The minimum Gasteiger partial charge on any atom is -0.484 e. The van der Waals surface area contributed by atoms with Crippen molar-refractivity contribution in [2.45, 2.75) is 25.1 Å². The maximum atomic E-state index is 12.9. The number of nitrogens with one attached hydrogen (secondary N) is 1. The third-order valence-electron chi connectivity index (χ3n) is 5.02. The van der Waals surface area contributed by atoms with Gasteiger partial charge in [0.25, 0.3) is 5.91 Å². The van der Waals surface area contributed by atoms with Gasteiger partial charge < -0.3 is 15.0 Å². The fourth-order valence-corrected chi connectivity index (χ4v) is 3.53. The Balaban J connectivity index is 1.45.